The average molecular weight is 169 g/mol. The highest BCUT2D eigenvalue weighted by atomic mass is 16.6. The third kappa shape index (κ3) is 1.29. The Morgan fingerprint density at radius 1 is 1.42 bits per heavy atom. The molecule has 0 aliphatic carbocycles. The van der Waals surface area contributed by atoms with Crippen molar-refractivity contribution < 1.29 is 15.1 Å². The van der Waals surface area contributed by atoms with E-state index in [1.165, 1.54) is 12.1 Å². The van der Waals surface area contributed by atoms with Gasteiger partial charge in [-0.15, -0.1) is 0 Å². The highest BCUT2D eigenvalue weighted by Crippen LogP contribution is 2.35. The lowest BCUT2D eigenvalue weighted by Gasteiger charge is -1.99. The molecule has 0 saturated heterocycles. The summed E-state index contributed by atoms with van der Waals surface area (Å²) in [4.78, 5) is 9.51. The molecule has 64 valence electrons. The van der Waals surface area contributed by atoms with Crippen LogP contribution in [0.3, 0.4) is 0 Å². The number of phenolic OH excluding ortho intramolecular Hbond substituents is 2. The Morgan fingerprint density at radius 2 is 2.00 bits per heavy atom. The Morgan fingerprint density at radius 3 is 2.50 bits per heavy atom. The van der Waals surface area contributed by atoms with Crippen molar-refractivity contribution in [3.63, 3.8) is 0 Å². The normalized spacial score (nSPS) is 9.75. The number of nitro benzene ring substituents is 1. The number of aromatic hydroxyl groups is 2. The van der Waals surface area contributed by atoms with Crippen molar-refractivity contribution in [2.24, 2.45) is 0 Å². The molecule has 0 heterocycles. The first-order valence-corrected chi connectivity index (χ1v) is 3.19. The Hall–Kier alpha value is -1.78. The molecule has 0 spiro atoms. The van der Waals surface area contributed by atoms with Crippen LogP contribution in [-0.4, -0.2) is 15.1 Å². The molecule has 0 aliphatic rings. The van der Waals surface area contributed by atoms with Gasteiger partial charge in [-0.05, 0) is 18.6 Å². The number of phenols is 2. The summed E-state index contributed by atoms with van der Waals surface area (Å²) in [5.41, 5.74) is 0.0458. The first-order valence-electron chi connectivity index (χ1n) is 3.19. The molecule has 1 aromatic carbocycles. The van der Waals surface area contributed by atoms with Crippen LogP contribution in [0.5, 0.6) is 11.5 Å². The predicted molar refractivity (Wildman–Crippen MR) is 41.2 cm³/mol. The lowest BCUT2D eigenvalue weighted by molar-refractivity contribution is -0.386. The second kappa shape index (κ2) is 2.69. The molecular weight excluding hydrogens is 162 g/mol. The van der Waals surface area contributed by atoms with Crippen LogP contribution >= 0.6 is 0 Å². The Labute approximate surface area is 68.0 Å². The highest BCUT2D eigenvalue weighted by molar-refractivity contribution is 5.56. The van der Waals surface area contributed by atoms with Crippen LogP contribution in [0.25, 0.3) is 0 Å². The van der Waals surface area contributed by atoms with Crippen LogP contribution < -0.4 is 0 Å². The topological polar surface area (TPSA) is 83.6 Å². The van der Waals surface area contributed by atoms with Gasteiger partial charge in [-0.1, -0.05) is 0 Å². The molecule has 1 rings (SSSR count). The molecule has 0 atom stereocenters. The van der Waals surface area contributed by atoms with Crippen LogP contribution in [0.15, 0.2) is 12.1 Å². The van der Waals surface area contributed by atoms with E-state index in [9.17, 15) is 10.1 Å². The Kier molecular flexibility index (Phi) is 1.86. The molecule has 1 aromatic rings. The Balaban J connectivity index is 3.37. The van der Waals surface area contributed by atoms with Crippen molar-refractivity contribution in [3.05, 3.63) is 27.8 Å². The fourth-order valence-electron chi connectivity index (χ4n) is 0.880. The van der Waals surface area contributed by atoms with Gasteiger partial charge in [0.2, 0.25) is 5.75 Å². The molecule has 5 nitrogen and oxygen atoms in total. The third-order valence-electron chi connectivity index (χ3n) is 1.41. The van der Waals surface area contributed by atoms with Gasteiger partial charge in [0.1, 0.15) is 0 Å². The molecule has 5 heteroatoms. The first-order chi connectivity index (χ1) is 5.52. The fraction of sp³-hybridized carbons (Fsp3) is 0.143. The van der Waals surface area contributed by atoms with Crippen LogP contribution in [0, 0.1) is 17.0 Å². The number of nitro groups is 1. The van der Waals surface area contributed by atoms with Gasteiger partial charge in [0.15, 0.2) is 5.75 Å². The second-order valence-corrected chi connectivity index (χ2v) is 2.41. The predicted octanol–water partition coefficient (Wildman–Crippen LogP) is 1.31. The van der Waals surface area contributed by atoms with Gasteiger partial charge in [0.05, 0.1) is 4.92 Å². The largest absolute Gasteiger partial charge is 0.504 e. The SMILES string of the molecule is Cc1cc(O)c(O)c([N+](=O)[O-])c1. The maximum Gasteiger partial charge on any atom is 0.314 e. The van der Waals surface area contributed by atoms with E-state index < -0.39 is 22.1 Å². The first kappa shape index (κ1) is 8.32. The van der Waals surface area contributed by atoms with E-state index in [4.69, 9.17) is 10.2 Å². The van der Waals surface area contributed by atoms with Gasteiger partial charge >= 0.3 is 5.69 Å². The summed E-state index contributed by atoms with van der Waals surface area (Å²) in [5, 5.41) is 28.2. The third-order valence-corrected chi connectivity index (χ3v) is 1.41. The van der Waals surface area contributed by atoms with E-state index in [1.54, 1.807) is 6.92 Å². The zero-order valence-corrected chi connectivity index (χ0v) is 6.31. The minimum absolute atomic E-state index is 0.471. The number of hydrogen-bond acceptors (Lipinski definition) is 4. The van der Waals surface area contributed by atoms with Crippen molar-refractivity contribution in [2.45, 2.75) is 6.92 Å². The molecule has 0 radical (unpaired) electrons. The van der Waals surface area contributed by atoms with Gasteiger partial charge < -0.3 is 10.2 Å². The fourth-order valence-corrected chi connectivity index (χ4v) is 0.880. The molecule has 12 heavy (non-hydrogen) atoms. The molecule has 0 aliphatic heterocycles. The monoisotopic (exact) mass is 169 g/mol. The average Bonchev–Trinajstić information content (AvgIpc) is 1.96. The molecule has 0 amide bonds. The van der Waals surface area contributed by atoms with Gasteiger partial charge in [-0.3, -0.25) is 10.1 Å². The minimum atomic E-state index is -0.748. The van der Waals surface area contributed by atoms with E-state index in [-0.39, 0.29) is 0 Å². The summed E-state index contributed by atoms with van der Waals surface area (Å²) in [5.74, 6) is -1.16. The summed E-state index contributed by atoms with van der Waals surface area (Å²) in [6.07, 6.45) is 0. The van der Waals surface area contributed by atoms with Gasteiger partial charge in [-0.2, -0.15) is 0 Å². The number of aryl methyl sites for hydroxylation is 1. The number of nitrogens with zero attached hydrogens (tertiary/aromatic N) is 1. The van der Waals surface area contributed by atoms with Crippen molar-refractivity contribution >= 4 is 5.69 Å². The van der Waals surface area contributed by atoms with E-state index in [2.05, 4.69) is 0 Å². The van der Waals surface area contributed by atoms with Crippen LogP contribution in [-0.2, 0) is 0 Å². The van der Waals surface area contributed by atoms with Gasteiger partial charge in [0, 0.05) is 6.07 Å². The highest BCUT2D eigenvalue weighted by Gasteiger charge is 2.16. The molecule has 0 saturated carbocycles. The van der Waals surface area contributed by atoms with Gasteiger partial charge in [-0.25, -0.2) is 0 Å². The quantitative estimate of drug-likeness (QED) is 0.377. The van der Waals surface area contributed by atoms with Crippen LogP contribution in [0.4, 0.5) is 5.69 Å². The van der Waals surface area contributed by atoms with Crippen molar-refractivity contribution in [1.82, 2.24) is 0 Å². The summed E-state index contributed by atoms with van der Waals surface area (Å²) >= 11 is 0. The van der Waals surface area contributed by atoms with Crippen LogP contribution in [0.1, 0.15) is 5.56 Å². The Bertz CT molecular complexity index is 334. The number of rotatable bonds is 1. The maximum atomic E-state index is 10.3. The molecule has 2 N–H and O–H groups in total. The summed E-state index contributed by atoms with van der Waals surface area (Å²) in [7, 11) is 0. The van der Waals surface area contributed by atoms with E-state index in [0.29, 0.717) is 5.56 Å². The van der Waals surface area contributed by atoms with E-state index in [0.717, 1.165) is 0 Å². The molecule has 0 fully saturated rings. The summed E-state index contributed by atoms with van der Waals surface area (Å²) in [6, 6.07) is 2.44. The standard InChI is InChI=1S/C7H7NO4/c1-4-2-5(8(11)12)7(10)6(9)3-4/h2-3,9-10H,1H3. The van der Waals surface area contributed by atoms with Gasteiger partial charge in [0.25, 0.3) is 0 Å². The maximum absolute atomic E-state index is 10.3. The van der Waals surface area contributed by atoms with Crippen molar-refractivity contribution in [1.29, 1.82) is 0 Å². The summed E-state index contributed by atoms with van der Waals surface area (Å²) in [6.45, 7) is 1.59. The zero-order valence-electron chi connectivity index (χ0n) is 6.31. The molecule has 0 bridgehead atoms. The molecule has 0 aromatic heterocycles. The number of hydrogen-bond donors (Lipinski definition) is 2. The second-order valence-electron chi connectivity index (χ2n) is 2.41. The molecular formula is C7H7NO4. The lowest BCUT2D eigenvalue weighted by atomic mass is 10.2. The van der Waals surface area contributed by atoms with Crippen molar-refractivity contribution in [3.8, 4) is 11.5 Å². The van der Waals surface area contributed by atoms with Crippen LogP contribution in [0.2, 0.25) is 0 Å². The minimum Gasteiger partial charge on any atom is -0.504 e. The number of benzene rings is 1. The van der Waals surface area contributed by atoms with E-state index >= 15 is 0 Å². The van der Waals surface area contributed by atoms with E-state index in [1.807, 2.05) is 0 Å². The van der Waals surface area contributed by atoms with Crippen molar-refractivity contribution in [2.75, 3.05) is 0 Å². The molecule has 0 unspecified atom stereocenters. The smallest absolute Gasteiger partial charge is 0.314 e. The lowest BCUT2D eigenvalue weighted by Crippen LogP contribution is -1.89. The summed E-state index contributed by atoms with van der Waals surface area (Å²) < 4.78 is 0. The zero-order chi connectivity index (χ0) is 9.30.